The fourth-order valence-corrected chi connectivity index (χ4v) is 4.68. The molecule has 1 aromatic heterocycles. The number of halogens is 1. The van der Waals surface area contributed by atoms with Crippen molar-refractivity contribution in [3.63, 3.8) is 0 Å². The number of thioether (sulfide) groups is 1. The lowest BCUT2D eigenvalue weighted by molar-refractivity contribution is -0.118. The zero-order valence-electron chi connectivity index (χ0n) is 20.0. The van der Waals surface area contributed by atoms with Crippen LogP contribution in [0.15, 0.2) is 42.5 Å². The lowest BCUT2D eigenvalue weighted by atomic mass is 10.1. The Morgan fingerprint density at radius 3 is 2.80 bits per heavy atom. The van der Waals surface area contributed by atoms with Crippen molar-refractivity contribution in [3.8, 4) is 11.4 Å². The van der Waals surface area contributed by atoms with Gasteiger partial charge in [0.2, 0.25) is 5.91 Å². The number of nitrogens with one attached hydrogen (secondary N) is 2. The summed E-state index contributed by atoms with van der Waals surface area (Å²) in [5.41, 5.74) is 2.17. The molecule has 2 amide bonds. The van der Waals surface area contributed by atoms with Crippen molar-refractivity contribution in [3.05, 3.63) is 65.2 Å². The number of carbonyl (C=O) groups is 2. The van der Waals surface area contributed by atoms with Crippen molar-refractivity contribution in [1.82, 2.24) is 20.1 Å². The third kappa shape index (κ3) is 6.08. The molecule has 1 unspecified atom stereocenters. The Kier molecular flexibility index (Phi) is 8.17. The highest BCUT2D eigenvalue weighted by molar-refractivity contribution is 7.98. The first-order valence-corrected chi connectivity index (χ1v) is 13.2. The second kappa shape index (κ2) is 11.5. The summed E-state index contributed by atoms with van der Waals surface area (Å²) in [4.78, 5) is 25.9. The minimum Gasteiger partial charge on any atom is -0.340 e. The second-order valence-electron chi connectivity index (χ2n) is 8.76. The average Bonchev–Trinajstić information content (AvgIpc) is 3.10. The first-order chi connectivity index (χ1) is 17.0. The molecule has 1 aliphatic rings. The molecule has 0 aliphatic carbocycles. The number of nitrogens with zero attached hydrogens (tertiary/aromatic N) is 3. The molecule has 9 heteroatoms. The molecule has 184 valence electrons. The molecule has 4 rings (SSSR count). The normalized spacial score (nSPS) is 14.0. The highest BCUT2D eigenvalue weighted by Crippen LogP contribution is 2.27. The Bertz CT molecular complexity index is 1210. The summed E-state index contributed by atoms with van der Waals surface area (Å²) in [6.45, 7) is 2.72. The quantitative estimate of drug-likeness (QED) is 0.477. The number of amides is 2. The molecule has 0 fully saturated rings. The monoisotopic (exact) mass is 495 g/mol. The second-order valence-corrected chi connectivity index (χ2v) is 9.75. The minimum absolute atomic E-state index is 0.0532. The van der Waals surface area contributed by atoms with Gasteiger partial charge in [0, 0.05) is 24.1 Å². The molecule has 0 bridgehead atoms. The van der Waals surface area contributed by atoms with E-state index < -0.39 is 17.8 Å². The summed E-state index contributed by atoms with van der Waals surface area (Å²) in [6, 6.07) is 10.9. The number of aryl methyl sites for hydroxylation is 2. The SMILES string of the molecule is CSCCC(NC(=O)c1cccc(C)c1)C(=O)Nc1cc(-c2nnc3n2CCCCC3)ccc1F. The van der Waals surface area contributed by atoms with Crippen LogP contribution in [0, 0.1) is 12.7 Å². The van der Waals surface area contributed by atoms with Crippen LogP contribution >= 0.6 is 11.8 Å². The van der Waals surface area contributed by atoms with Gasteiger partial charge in [0.15, 0.2) is 5.82 Å². The van der Waals surface area contributed by atoms with E-state index in [0.29, 0.717) is 29.1 Å². The predicted molar refractivity (Wildman–Crippen MR) is 137 cm³/mol. The summed E-state index contributed by atoms with van der Waals surface area (Å²) >= 11 is 1.57. The highest BCUT2D eigenvalue weighted by Gasteiger charge is 2.23. The van der Waals surface area contributed by atoms with E-state index in [9.17, 15) is 14.0 Å². The van der Waals surface area contributed by atoms with Crippen LogP contribution in [0.25, 0.3) is 11.4 Å². The maximum absolute atomic E-state index is 14.7. The highest BCUT2D eigenvalue weighted by atomic mass is 32.2. The molecule has 7 nitrogen and oxygen atoms in total. The topological polar surface area (TPSA) is 88.9 Å². The largest absolute Gasteiger partial charge is 0.340 e. The third-order valence-corrected chi connectivity index (χ3v) is 6.75. The van der Waals surface area contributed by atoms with E-state index in [-0.39, 0.29) is 11.6 Å². The number of hydrogen-bond donors (Lipinski definition) is 2. The third-order valence-electron chi connectivity index (χ3n) is 6.10. The minimum atomic E-state index is -0.803. The summed E-state index contributed by atoms with van der Waals surface area (Å²) < 4.78 is 16.8. The van der Waals surface area contributed by atoms with Gasteiger partial charge in [-0.3, -0.25) is 9.59 Å². The molecule has 2 N–H and O–H groups in total. The van der Waals surface area contributed by atoms with E-state index in [1.807, 2.05) is 19.2 Å². The van der Waals surface area contributed by atoms with E-state index in [0.717, 1.165) is 43.6 Å². The van der Waals surface area contributed by atoms with Crippen LogP contribution < -0.4 is 10.6 Å². The lowest BCUT2D eigenvalue weighted by Gasteiger charge is -2.19. The molecular formula is C26H30FN5O2S. The standard InChI is InChI=1S/C26H30FN5O2S/c1-17-7-6-8-19(15-17)25(33)28-21(12-14-35-2)26(34)29-22-16-18(10-11-20(22)27)24-31-30-23-9-4-3-5-13-32(23)24/h6-8,10-11,15-16,21H,3-5,9,12-14H2,1-2H3,(H,28,33)(H,29,34). The van der Waals surface area contributed by atoms with Crippen molar-refractivity contribution in [1.29, 1.82) is 0 Å². The number of rotatable bonds is 8. The van der Waals surface area contributed by atoms with Crippen LogP contribution in [0.3, 0.4) is 0 Å². The Balaban J connectivity index is 1.54. The Labute approximate surface area is 208 Å². The fraction of sp³-hybridized carbons (Fsp3) is 0.385. The maximum atomic E-state index is 14.7. The van der Waals surface area contributed by atoms with Gasteiger partial charge in [0.1, 0.15) is 17.7 Å². The van der Waals surface area contributed by atoms with E-state index in [1.54, 1.807) is 42.1 Å². The van der Waals surface area contributed by atoms with Gasteiger partial charge in [-0.15, -0.1) is 10.2 Å². The van der Waals surface area contributed by atoms with Crippen LogP contribution in [0.1, 0.15) is 47.4 Å². The van der Waals surface area contributed by atoms with Crippen LogP contribution in [0.2, 0.25) is 0 Å². The zero-order chi connectivity index (χ0) is 24.8. The Hall–Kier alpha value is -3.20. The molecule has 0 spiro atoms. The van der Waals surface area contributed by atoms with Crippen molar-refractivity contribution >= 4 is 29.3 Å². The Morgan fingerprint density at radius 2 is 2.00 bits per heavy atom. The van der Waals surface area contributed by atoms with E-state index in [2.05, 4.69) is 25.4 Å². The van der Waals surface area contributed by atoms with Gasteiger partial charge in [-0.05, 0) is 68.5 Å². The smallest absolute Gasteiger partial charge is 0.251 e. The lowest BCUT2D eigenvalue weighted by Crippen LogP contribution is -2.44. The van der Waals surface area contributed by atoms with Crippen LogP contribution in [-0.2, 0) is 17.8 Å². The summed E-state index contributed by atoms with van der Waals surface area (Å²) in [6.07, 6.45) is 6.48. The first kappa shape index (κ1) is 24.9. The van der Waals surface area contributed by atoms with Gasteiger partial charge < -0.3 is 15.2 Å². The number of anilines is 1. The summed E-state index contributed by atoms with van der Waals surface area (Å²) in [7, 11) is 0. The van der Waals surface area contributed by atoms with Crippen LogP contribution in [0.4, 0.5) is 10.1 Å². The van der Waals surface area contributed by atoms with Crippen LogP contribution in [-0.4, -0.2) is 44.6 Å². The number of carbonyl (C=O) groups excluding carboxylic acids is 2. The molecule has 0 radical (unpaired) electrons. The molecule has 1 atom stereocenters. The number of fused-ring (bicyclic) bond motifs is 1. The summed E-state index contributed by atoms with van der Waals surface area (Å²) in [5.74, 6) is 0.922. The van der Waals surface area contributed by atoms with E-state index >= 15 is 0 Å². The number of benzene rings is 2. The average molecular weight is 496 g/mol. The summed E-state index contributed by atoms with van der Waals surface area (Å²) in [5, 5.41) is 14.1. The molecule has 2 aromatic carbocycles. The van der Waals surface area contributed by atoms with Gasteiger partial charge in [-0.25, -0.2) is 4.39 Å². The molecule has 35 heavy (non-hydrogen) atoms. The molecule has 0 saturated heterocycles. The van der Waals surface area contributed by atoms with E-state index in [4.69, 9.17) is 0 Å². The van der Waals surface area contributed by atoms with Gasteiger partial charge in [-0.2, -0.15) is 11.8 Å². The van der Waals surface area contributed by atoms with Gasteiger partial charge in [-0.1, -0.05) is 24.1 Å². The van der Waals surface area contributed by atoms with Crippen molar-refractivity contribution in [2.45, 2.75) is 51.6 Å². The molecule has 2 heterocycles. The van der Waals surface area contributed by atoms with E-state index in [1.165, 1.54) is 6.07 Å². The number of hydrogen-bond acceptors (Lipinski definition) is 5. The van der Waals surface area contributed by atoms with Crippen LogP contribution in [0.5, 0.6) is 0 Å². The van der Waals surface area contributed by atoms with Gasteiger partial charge in [0.25, 0.3) is 5.91 Å². The van der Waals surface area contributed by atoms with Crippen molar-refractivity contribution in [2.24, 2.45) is 0 Å². The molecule has 0 saturated carbocycles. The predicted octanol–water partition coefficient (Wildman–Crippen LogP) is 4.61. The Morgan fingerprint density at radius 1 is 1.14 bits per heavy atom. The number of aromatic nitrogens is 3. The molecule has 1 aliphatic heterocycles. The molecular weight excluding hydrogens is 465 g/mol. The van der Waals surface area contributed by atoms with Gasteiger partial charge in [0.05, 0.1) is 5.69 Å². The maximum Gasteiger partial charge on any atom is 0.251 e. The fourth-order valence-electron chi connectivity index (χ4n) is 4.21. The van der Waals surface area contributed by atoms with Crippen molar-refractivity contribution in [2.75, 3.05) is 17.3 Å². The zero-order valence-corrected chi connectivity index (χ0v) is 20.8. The van der Waals surface area contributed by atoms with Gasteiger partial charge >= 0.3 is 0 Å². The van der Waals surface area contributed by atoms with Crippen molar-refractivity contribution < 1.29 is 14.0 Å². The molecule has 3 aromatic rings. The first-order valence-electron chi connectivity index (χ1n) is 11.9.